The van der Waals surface area contributed by atoms with Gasteiger partial charge in [0.25, 0.3) is 5.91 Å². The standard InChI is InChI=1S/C32H35ClN2O4/c1-18(2)23-8-7-9-24(14-23)20(4)34-31(36)25-11-13-30-28(15-25)19(3)21(5)35(30)17-26-10-12-27(16-29(26)33)39-22(6)32(37)38/h7-16,18,20,22H,17H2,1-6H3,(H,34,36)(H,37,38)/t20-,22?/m0/s1. The maximum Gasteiger partial charge on any atom is 0.344 e. The summed E-state index contributed by atoms with van der Waals surface area (Å²) in [5.41, 5.74) is 7.02. The number of nitrogens with one attached hydrogen (secondary N) is 1. The van der Waals surface area contributed by atoms with Gasteiger partial charge in [-0.3, -0.25) is 4.79 Å². The number of carbonyl (C=O) groups excluding carboxylic acids is 1. The molecule has 39 heavy (non-hydrogen) atoms. The fourth-order valence-corrected chi connectivity index (χ4v) is 4.93. The Morgan fingerprint density at radius 2 is 1.69 bits per heavy atom. The fourth-order valence-electron chi connectivity index (χ4n) is 4.70. The minimum absolute atomic E-state index is 0.113. The van der Waals surface area contributed by atoms with E-state index in [1.54, 1.807) is 12.1 Å². The van der Waals surface area contributed by atoms with Crippen LogP contribution in [0.15, 0.2) is 60.7 Å². The van der Waals surface area contributed by atoms with Crippen LogP contribution in [0.3, 0.4) is 0 Å². The molecule has 6 nitrogen and oxygen atoms in total. The third-order valence-corrected chi connectivity index (χ3v) is 7.69. The monoisotopic (exact) mass is 546 g/mol. The number of hydrogen-bond acceptors (Lipinski definition) is 3. The SMILES string of the molecule is Cc1c(C)n(Cc2ccc(OC(C)C(=O)O)cc2Cl)c2ccc(C(=O)N[C@@H](C)c3cccc(C(C)C)c3)cc12. The van der Waals surface area contributed by atoms with Crippen molar-refractivity contribution in [2.45, 2.75) is 66.2 Å². The number of fused-ring (bicyclic) bond motifs is 1. The first-order valence-electron chi connectivity index (χ1n) is 13.1. The molecule has 0 spiro atoms. The first-order valence-corrected chi connectivity index (χ1v) is 13.5. The van der Waals surface area contributed by atoms with E-state index in [4.69, 9.17) is 21.4 Å². The summed E-state index contributed by atoms with van der Waals surface area (Å²) in [6, 6.07) is 19.2. The topological polar surface area (TPSA) is 80.6 Å². The second kappa shape index (κ2) is 11.5. The Morgan fingerprint density at radius 3 is 2.36 bits per heavy atom. The molecular weight excluding hydrogens is 512 g/mol. The molecular formula is C32H35ClN2O4. The van der Waals surface area contributed by atoms with Gasteiger partial charge in [0.05, 0.1) is 6.04 Å². The minimum atomic E-state index is -1.04. The molecule has 0 bridgehead atoms. The Bertz CT molecular complexity index is 1540. The number of aryl methyl sites for hydroxylation is 1. The van der Waals surface area contributed by atoms with Gasteiger partial charge in [0.1, 0.15) is 5.75 Å². The van der Waals surface area contributed by atoms with Gasteiger partial charge in [0, 0.05) is 33.7 Å². The van der Waals surface area contributed by atoms with E-state index in [2.05, 4.69) is 49.7 Å². The minimum Gasteiger partial charge on any atom is -0.479 e. The molecule has 2 atom stereocenters. The summed E-state index contributed by atoms with van der Waals surface area (Å²) in [6.07, 6.45) is -0.968. The van der Waals surface area contributed by atoms with Gasteiger partial charge in [-0.2, -0.15) is 0 Å². The van der Waals surface area contributed by atoms with Crippen molar-refractivity contribution in [1.29, 1.82) is 0 Å². The molecule has 1 unspecified atom stereocenters. The van der Waals surface area contributed by atoms with Crippen molar-refractivity contribution < 1.29 is 19.4 Å². The van der Waals surface area contributed by atoms with E-state index < -0.39 is 12.1 Å². The number of hydrogen-bond donors (Lipinski definition) is 2. The molecule has 4 aromatic rings. The van der Waals surface area contributed by atoms with E-state index >= 15 is 0 Å². The number of carbonyl (C=O) groups is 2. The van der Waals surface area contributed by atoms with Gasteiger partial charge >= 0.3 is 5.97 Å². The maximum atomic E-state index is 13.2. The zero-order valence-electron chi connectivity index (χ0n) is 23.2. The highest BCUT2D eigenvalue weighted by Gasteiger charge is 2.18. The van der Waals surface area contributed by atoms with Gasteiger partial charge in [0.2, 0.25) is 0 Å². The van der Waals surface area contributed by atoms with Crippen molar-refractivity contribution >= 4 is 34.4 Å². The lowest BCUT2D eigenvalue weighted by Gasteiger charge is -2.17. The van der Waals surface area contributed by atoms with Crippen molar-refractivity contribution in [3.63, 3.8) is 0 Å². The van der Waals surface area contributed by atoms with Crippen LogP contribution < -0.4 is 10.1 Å². The van der Waals surface area contributed by atoms with E-state index in [9.17, 15) is 9.59 Å². The molecule has 0 aliphatic rings. The van der Waals surface area contributed by atoms with E-state index in [1.807, 2.05) is 43.3 Å². The van der Waals surface area contributed by atoms with Crippen LogP contribution in [0.2, 0.25) is 5.02 Å². The molecule has 1 heterocycles. The summed E-state index contributed by atoms with van der Waals surface area (Å²) >= 11 is 6.55. The van der Waals surface area contributed by atoms with Crippen molar-refractivity contribution in [3.8, 4) is 5.75 Å². The summed E-state index contributed by atoms with van der Waals surface area (Å²) in [5, 5.41) is 13.7. The lowest BCUT2D eigenvalue weighted by atomic mass is 9.98. The van der Waals surface area contributed by atoms with Crippen molar-refractivity contribution in [3.05, 3.63) is 99.2 Å². The van der Waals surface area contributed by atoms with Crippen LogP contribution in [0.5, 0.6) is 5.75 Å². The second-order valence-corrected chi connectivity index (χ2v) is 10.8. The number of carboxylic acids is 1. The highest BCUT2D eigenvalue weighted by Crippen LogP contribution is 2.30. The van der Waals surface area contributed by atoms with Crippen LogP contribution in [0.4, 0.5) is 0 Å². The number of amides is 1. The van der Waals surface area contributed by atoms with Gasteiger partial charge in [-0.1, -0.05) is 55.8 Å². The van der Waals surface area contributed by atoms with E-state index in [0.717, 1.165) is 33.3 Å². The van der Waals surface area contributed by atoms with Crippen LogP contribution in [-0.2, 0) is 11.3 Å². The smallest absolute Gasteiger partial charge is 0.344 e. The molecule has 0 saturated heterocycles. The van der Waals surface area contributed by atoms with Crippen molar-refractivity contribution in [1.82, 2.24) is 9.88 Å². The van der Waals surface area contributed by atoms with Crippen molar-refractivity contribution in [2.24, 2.45) is 0 Å². The Morgan fingerprint density at radius 1 is 0.974 bits per heavy atom. The van der Waals surface area contributed by atoms with E-state index in [0.29, 0.717) is 28.8 Å². The van der Waals surface area contributed by atoms with E-state index in [1.165, 1.54) is 12.5 Å². The number of benzene rings is 3. The van der Waals surface area contributed by atoms with Gasteiger partial charge in [-0.25, -0.2) is 4.79 Å². The Hall–Kier alpha value is -3.77. The van der Waals surface area contributed by atoms with Gasteiger partial charge in [-0.15, -0.1) is 0 Å². The molecule has 0 saturated carbocycles. The maximum absolute atomic E-state index is 13.2. The molecule has 0 fully saturated rings. The molecule has 7 heteroatoms. The van der Waals surface area contributed by atoms with Crippen LogP contribution >= 0.6 is 11.6 Å². The summed E-state index contributed by atoms with van der Waals surface area (Å²) in [5.74, 6) is -0.321. The largest absolute Gasteiger partial charge is 0.479 e. The highest BCUT2D eigenvalue weighted by molar-refractivity contribution is 6.31. The molecule has 1 amide bonds. The zero-order valence-corrected chi connectivity index (χ0v) is 24.0. The molecule has 3 aromatic carbocycles. The number of halogens is 1. The summed E-state index contributed by atoms with van der Waals surface area (Å²) < 4.78 is 7.61. The predicted molar refractivity (Wildman–Crippen MR) is 156 cm³/mol. The number of carboxylic acid groups (broad SMARTS) is 1. The summed E-state index contributed by atoms with van der Waals surface area (Å²) in [7, 11) is 0. The quantitative estimate of drug-likeness (QED) is 0.229. The summed E-state index contributed by atoms with van der Waals surface area (Å²) in [4.78, 5) is 24.3. The molecule has 4 rings (SSSR count). The average Bonchev–Trinajstić information content (AvgIpc) is 3.14. The fraction of sp³-hybridized carbons (Fsp3) is 0.312. The van der Waals surface area contributed by atoms with Crippen molar-refractivity contribution in [2.75, 3.05) is 0 Å². The average molecular weight is 547 g/mol. The Balaban J connectivity index is 1.56. The normalized spacial score (nSPS) is 12.9. The van der Waals surface area contributed by atoms with Gasteiger partial charge < -0.3 is 19.7 Å². The summed E-state index contributed by atoms with van der Waals surface area (Å²) in [6.45, 7) is 12.4. The predicted octanol–water partition coefficient (Wildman–Crippen LogP) is 7.43. The number of rotatable bonds is 9. The van der Waals surface area contributed by atoms with Crippen LogP contribution in [-0.4, -0.2) is 27.7 Å². The molecule has 0 aliphatic carbocycles. The zero-order chi connectivity index (χ0) is 28.4. The first kappa shape index (κ1) is 28.2. The van der Waals surface area contributed by atoms with Crippen LogP contribution in [0, 0.1) is 13.8 Å². The van der Waals surface area contributed by atoms with Crippen LogP contribution in [0.1, 0.15) is 78.0 Å². The highest BCUT2D eigenvalue weighted by atomic mass is 35.5. The third-order valence-electron chi connectivity index (χ3n) is 7.34. The van der Waals surface area contributed by atoms with Gasteiger partial charge in [-0.05, 0) is 86.2 Å². The third kappa shape index (κ3) is 6.12. The number of aliphatic carboxylic acids is 1. The lowest BCUT2D eigenvalue weighted by Crippen LogP contribution is -2.26. The molecule has 1 aromatic heterocycles. The number of nitrogens with zero attached hydrogens (tertiary/aromatic N) is 1. The molecule has 2 N–H and O–H groups in total. The Labute approximate surface area is 234 Å². The number of aromatic nitrogens is 1. The molecule has 0 aliphatic heterocycles. The first-order chi connectivity index (χ1) is 18.5. The second-order valence-electron chi connectivity index (χ2n) is 10.4. The van der Waals surface area contributed by atoms with Gasteiger partial charge in [0.15, 0.2) is 6.10 Å². The molecule has 204 valence electrons. The molecule has 0 radical (unpaired) electrons. The Kier molecular flexibility index (Phi) is 8.36. The van der Waals surface area contributed by atoms with E-state index in [-0.39, 0.29) is 11.9 Å². The number of ether oxygens (including phenoxy) is 1. The lowest BCUT2D eigenvalue weighted by molar-refractivity contribution is -0.144. The van der Waals surface area contributed by atoms with Crippen LogP contribution in [0.25, 0.3) is 10.9 Å².